The van der Waals surface area contributed by atoms with Crippen molar-refractivity contribution < 1.29 is 9.59 Å². The van der Waals surface area contributed by atoms with Gasteiger partial charge in [-0.2, -0.15) is 0 Å². The second kappa shape index (κ2) is 7.37. The average molecular weight is 403 g/mol. The standard InChI is InChI=1S/C28H21NO2/c1-17-11-21(13-19-7-3-5-9-23(17)19)25-15-29-28(26(31)16-30)27(25)22-12-18(2)24-10-6-4-8-20(24)14-22/h3-16,29H,1-2H3. The molecule has 3 nitrogen and oxygen atoms in total. The summed E-state index contributed by atoms with van der Waals surface area (Å²) in [5.74, 6) is -0.551. The number of Topliss-reactive ketones (excluding diaryl/α,β-unsaturated/α-hetero) is 1. The third-order valence-electron chi connectivity index (χ3n) is 5.97. The first-order valence-corrected chi connectivity index (χ1v) is 10.3. The Morgan fingerprint density at radius 1 is 0.774 bits per heavy atom. The van der Waals surface area contributed by atoms with Gasteiger partial charge < -0.3 is 4.98 Å². The summed E-state index contributed by atoms with van der Waals surface area (Å²) in [6, 6.07) is 24.9. The highest BCUT2D eigenvalue weighted by Gasteiger charge is 2.21. The lowest BCUT2D eigenvalue weighted by Gasteiger charge is -2.12. The van der Waals surface area contributed by atoms with Gasteiger partial charge in [-0.3, -0.25) is 9.59 Å². The summed E-state index contributed by atoms with van der Waals surface area (Å²) in [6.45, 7) is 4.16. The van der Waals surface area contributed by atoms with Crippen molar-refractivity contribution in [1.29, 1.82) is 0 Å². The van der Waals surface area contributed by atoms with Crippen molar-refractivity contribution in [2.24, 2.45) is 0 Å². The molecule has 0 aliphatic heterocycles. The van der Waals surface area contributed by atoms with Crippen molar-refractivity contribution in [2.45, 2.75) is 13.8 Å². The number of aromatic amines is 1. The van der Waals surface area contributed by atoms with Crippen LogP contribution in [0.2, 0.25) is 0 Å². The molecular weight excluding hydrogens is 382 g/mol. The first-order chi connectivity index (χ1) is 15.1. The van der Waals surface area contributed by atoms with Crippen LogP contribution in [0.4, 0.5) is 0 Å². The summed E-state index contributed by atoms with van der Waals surface area (Å²) in [5, 5.41) is 4.62. The second-order valence-electron chi connectivity index (χ2n) is 7.96. The number of aryl methyl sites for hydroxylation is 2. The van der Waals surface area contributed by atoms with E-state index < -0.39 is 5.78 Å². The largest absolute Gasteiger partial charge is 0.357 e. The van der Waals surface area contributed by atoms with Crippen LogP contribution in [0.5, 0.6) is 0 Å². The van der Waals surface area contributed by atoms with E-state index in [1.807, 2.05) is 30.5 Å². The predicted octanol–water partition coefficient (Wildman–Crippen LogP) is 6.65. The van der Waals surface area contributed by atoms with E-state index in [1.165, 1.54) is 16.3 Å². The molecule has 0 saturated carbocycles. The summed E-state index contributed by atoms with van der Waals surface area (Å²) < 4.78 is 0. The average Bonchev–Trinajstić information content (AvgIpc) is 3.24. The highest BCUT2D eigenvalue weighted by molar-refractivity contribution is 6.34. The minimum Gasteiger partial charge on any atom is -0.357 e. The van der Waals surface area contributed by atoms with E-state index >= 15 is 0 Å². The predicted molar refractivity (Wildman–Crippen MR) is 127 cm³/mol. The molecule has 1 aromatic heterocycles. The van der Waals surface area contributed by atoms with Crippen molar-refractivity contribution in [2.75, 3.05) is 0 Å². The van der Waals surface area contributed by atoms with Gasteiger partial charge in [-0.25, -0.2) is 0 Å². The van der Waals surface area contributed by atoms with E-state index in [1.54, 1.807) is 0 Å². The van der Waals surface area contributed by atoms with Gasteiger partial charge in [-0.05, 0) is 69.8 Å². The monoisotopic (exact) mass is 403 g/mol. The summed E-state index contributed by atoms with van der Waals surface area (Å²) in [4.78, 5) is 26.9. The molecule has 0 bridgehead atoms. The number of carbonyl (C=O) groups is 2. The molecule has 0 aliphatic rings. The number of aldehydes is 1. The van der Waals surface area contributed by atoms with Crippen LogP contribution in [-0.2, 0) is 4.79 Å². The Morgan fingerprint density at radius 3 is 1.94 bits per heavy atom. The fraction of sp³-hybridized carbons (Fsp3) is 0.0714. The van der Waals surface area contributed by atoms with Crippen LogP contribution < -0.4 is 0 Å². The van der Waals surface area contributed by atoms with Crippen molar-refractivity contribution in [3.8, 4) is 22.3 Å². The van der Waals surface area contributed by atoms with Crippen LogP contribution in [0, 0.1) is 13.8 Å². The third-order valence-corrected chi connectivity index (χ3v) is 5.97. The number of H-pyrrole nitrogens is 1. The molecule has 5 aromatic rings. The fourth-order valence-electron chi connectivity index (χ4n) is 4.51. The number of nitrogens with one attached hydrogen (secondary N) is 1. The quantitative estimate of drug-likeness (QED) is 0.207. The summed E-state index contributed by atoms with van der Waals surface area (Å²) >= 11 is 0. The van der Waals surface area contributed by atoms with Gasteiger partial charge in [0.1, 0.15) is 0 Å². The lowest BCUT2D eigenvalue weighted by Crippen LogP contribution is -2.02. The lowest BCUT2D eigenvalue weighted by molar-refractivity contribution is -0.104. The molecular formula is C28H21NO2. The smallest absolute Gasteiger partial charge is 0.242 e. The Bertz CT molecular complexity index is 1490. The minimum absolute atomic E-state index is 0.325. The summed E-state index contributed by atoms with van der Waals surface area (Å²) in [6.07, 6.45) is 2.21. The molecule has 0 aliphatic carbocycles. The number of hydrogen-bond acceptors (Lipinski definition) is 2. The van der Waals surface area contributed by atoms with E-state index in [4.69, 9.17) is 0 Å². The number of ketones is 1. The summed E-state index contributed by atoms with van der Waals surface area (Å²) in [5.41, 5.74) is 6.22. The van der Waals surface area contributed by atoms with Crippen molar-refractivity contribution in [3.05, 3.63) is 95.8 Å². The van der Waals surface area contributed by atoms with E-state index in [9.17, 15) is 9.59 Å². The van der Waals surface area contributed by atoms with Gasteiger partial charge in [-0.15, -0.1) is 0 Å². The number of carbonyl (C=O) groups excluding carboxylic acids is 2. The van der Waals surface area contributed by atoms with Gasteiger partial charge in [0, 0.05) is 17.3 Å². The number of fused-ring (bicyclic) bond motifs is 2. The zero-order valence-corrected chi connectivity index (χ0v) is 17.4. The number of rotatable bonds is 4. The lowest BCUT2D eigenvalue weighted by atomic mass is 9.90. The van der Waals surface area contributed by atoms with Gasteiger partial charge in [0.2, 0.25) is 5.78 Å². The molecule has 5 rings (SSSR count). The highest BCUT2D eigenvalue weighted by atomic mass is 16.2. The Labute approximate surface area is 180 Å². The maximum Gasteiger partial charge on any atom is 0.242 e. The third kappa shape index (κ3) is 3.15. The van der Waals surface area contributed by atoms with Crippen LogP contribution >= 0.6 is 0 Å². The number of hydrogen-bond donors (Lipinski definition) is 1. The van der Waals surface area contributed by atoms with Crippen LogP contribution in [0.15, 0.2) is 79.0 Å². The van der Waals surface area contributed by atoms with Crippen molar-refractivity contribution >= 4 is 33.6 Å². The molecule has 3 heteroatoms. The number of benzene rings is 4. The maximum absolute atomic E-state index is 12.5. The van der Waals surface area contributed by atoms with Gasteiger partial charge >= 0.3 is 0 Å². The van der Waals surface area contributed by atoms with Gasteiger partial charge in [0.25, 0.3) is 0 Å². The van der Waals surface area contributed by atoms with Gasteiger partial charge in [0.05, 0.1) is 5.69 Å². The summed E-state index contributed by atoms with van der Waals surface area (Å²) in [7, 11) is 0. The molecule has 0 radical (unpaired) electrons. The highest BCUT2D eigenvalue weighted by Crippen LogP contribution is 2.39. The molecule has 150 valence electrons. The van der Waals surface area contributed by atoms with Gasteiger partial charge in [-0.1, -0.05) is 60.7 Å². The Morgan fingerprint density at radius 2 is 1.32 bits per heavy atom. The fourth-order valence-corrected chi connectivity index (χ4v) is 4.51. The first kappa shape index (κ1) is 19.0. The molecule has 0 fully saturated rings. The minimum atomic E-state index is -0.551. The van der Waals surface area contributed by atoms with Crippen LogP contribution in [0.25, 0.3) is 43.8 Å². The van der Waals surface area contributed by atoms with Crippen molar-refractivity contribution in [3.63, 3.8) is 0 Å². The van der Waals surface area contributed by atoms with Crippen LogP contribution in [0.3, 0.4) is 0 Å². The topological polar surface area (TPSA) is 49.9 Å². The molecule has 0 amide bonds. The molecule has 4 aromatic carbocycles. The molecule has 0 unspecified atom stereocenters. The number of aromatic nitrogens is 1. The Hall–Kier alpha value is -3.98. The zero-order valence-electron chi connectivity index (χ0n) is 17.4. The zero-order chi connectivity index (χ0) is 21.5. The van der Waals surface area contributed by atoms with Gasteiger partial charge in [0.15, 0.2) is 6.29 Å². The molecule has 0 spiro atoms. The molecule has 0 atom stereocenters. The first-order valence-electron chi connectivity index (χ1n) is 10.3. The maximum atomic E-state index is 12.5. The molecule has 0 saturated heterocycles. The second-order valence-corrected chi connectivity index (χ2v) is 7.96. The Balaban J connectivity index is 1.81. The SMILES string of the molecule is Cc1cc(-c2c[nH]c(C(=O)C=O)c2-c2cc(C)c3ccccc3c2)cc2ccccc12. The van der Waals surface area contributed by atoms with E-state index in [0.29, 0.717) is 12.0 Å². The molecule has 31 heavy (non-hydrogen) atoms. The normalized spacial score (nSPS) is 11.2. The Kier molecular flexibility index (Phi) is 4.52. The molecule has 1 N–H and O–H groups in total. The van der Waals surface area contributed by atoms with Crippen LogP contribution in [-0.4, -0.2) is 17.1 Å². The van der Waals surface area contributed by atoms with Crippen molar-refractivity contribution in [1.82, 2.24) is 4.98 Å². The van der Waals surface area contributed by atoms with E-state index in [0.717, 1.165) is 38.6 Å². The van der Waals surface area contributed by atoms with E-state index in [-0.39, 0.29) is 0 Å². The van der Waals surface area contributed by atoms with Crippen LogP contribution in [0.1, 0.15) is 21.6 Å². The molecule has 1 heterocycles. The van der Waals surface area contributed by atoms with E-state index in [2.05, 4.69) is 67.4 Å².